The van der Waals surface area contributed by atoms with Crippen LogP contribution in [0.4, 0.5) is 0 Å². The maximum absolute atomic E-state index is 6.59. The van der Waals surface area contributed by atoms with Crippen LogP contribution >= 0.6 is 0 Å². The van der Waals surface area contributed by atoms with Crippen LogP contribution in [0.15, 0.2) is 185 Å². The summed E-state index contributed by atoms with van der Waals surface area (Å²) in [5, 5.41) is 11.1. The zero-order valence-corrected chi connectivity index (χ0v) is 29.9. The fraction of sp³-hybridized carbons (Fsp3) is 0. The quantitative estimate of drug-likeness (QED) is 0.170. The molecule has 0 spiro atoms. The van der Waals surface area contributed by atoms with Crippen LogP contribution in [0.25, 0.3) is 121 Å². The largest absolute Gasteiger partial charge is 0.456 e. The molecule has 0 saturated carbocycles. The van der Waals surface area contributed by atoms with Crippen LogP contribution in [0.1, 0.15) is 0 Å². The molecule has 3 heterocycles. The maximum atomic E-state index is 6.59. The number of nitrogens with zero attached hydrogens (tertiary/aromatic N) is 3. The smallest absolute Gasteiger partial charge is 0.164 e. The summed E-state index contributed by atoms with van der Waals surface area (Å²) < 4.78 is 12.9. The van der Waals surface area contributed by atoms with Crippen molar-refractivity contribution in [2.75, 3.05) is 0 Å². The van der Waals surface area contributed by atoms with Gasteiger partial charge < -0.3 is 8.83 Å². The Morgan fingerprint density at radius 3 is 1.59 bits per heavy atom. The molecular weight excluding hydrogens is 687 g/mol. The SMILES string of the molecule is c1ccc2cc(-c3ccc4c(c3)oc3cccc(-c5nc(-c6ccc7ccc8ccccc8c7c6)nc(-c6cccc7oc8ccccc8c67)n5)c34)ccc2c1. The van der Waals surface area contributed by atoms with Gasteiger partial charge in [0.05, 0.1) is 0 Å². The molecule has 0 unspecified atom stereocenters. The molecule has 0 amide bonds. The summed E-state index contributed by atoms with van der Waals surface area (Å²) in [7, 11) is 0. The van der Waals surface area contributed by atoms with Crippen molar-refractivity contribution in [1.29, 1.82) is 0 Å². The minimum atomic E-state index is 0.569. The van der Waals surface area contributed by atoms with E-state index in [1.807, 2.05) is 42.5 Å². The molecule has 0 atom stereocenters. The van der Waals surface area contributed by atoms with Crippen LogP contribution < -0.4 is 0 Å². The first-order chi connectivity index (χ1) is 27.7. The number of benzene rings is 9. The van der Waals surface area contributed by atoms with Gasteiger partial charge in [-0.3, -0.25) is 0 Å². The average Bonchev–Trinajstić information content (AvgIpc) is 3.84. The van der Waals surface area contributed by atoms with E-state index in [0.717, 1.165) is 82.5 Å². The van der Waals surface area contributed by atoms with E-state index in [-0.39, 0.29) is 0 Å². The monoisotopic (exact) mass is 715 g/mol. The Bertz CT molecular complexity index is 3560. The molecule has 5 heteroatoms. The van der Waals surface area contributed by atoms with E-state index in [9.17, 15) is 0 Å². The number of aromatic nitrogens is 3. The Morgan fingerprint density at radius 2 is 0.804 bits per heavy atom. The number of fused-ring (bicyclic) bond motifs is 10. The zero-order chi connectivity index (χ0) is 36.7. The lowest BCUT2D eigenvalue weighted by Crippen LogP contribution is -2.01. The molecular formula is C51H29N3O2. The molecule has 0 fully saturated rings. The molecule has 0 saturated heterocycles. The van der Waals surface area contributed by atoms with Crippen molar-refractivity contribution < 1.29 is 8.83 Å². The highest BCUT2D eigenvalue weighted by Crippen LogP contribution is 2.41. The first kappa shape index (κ1) is 30.8. The van der Waals surface area contributed by atoms with Crippen molar-refractivity contribution in [3.05, 3.63) is 176 Å². The van der Waals surface area contributed by atoms with E-state index in [1.165, 1.54) is 21.5 Å². The maximum Gasteiger partial charge on any atom is 0.164 e. The van der Waals surface area contributed by atoms with E-state index in [2.05, 4.69) is 133 Å². The Hall–Kier alpha value is -7.63. The van der Waals surface area contributed by atoms with E-state index < -0.39 is 0 Å². The van der Waals surface area contributed by atoms with Gasteiger partial charge in [-0.05, 0) is 85.9 Å². The summed E-state index contributed by atoms with van der Waals surface area (Å²) in [5.74, 6) is 1.73. The van der Waals surface area contributed by atoms with Crippen LogP contribution in [0, 0.1) is 0 Å². The Kier molecular flexibility index (Phi) is 6.56. The van der Waals surface area contributed by atoms with Gasteiger partial charge in [-0.2, -0.15) is 0 Å². The van der Waals surface area contributed by atoms with Gasteiger partial charge in [-0.25, -0.2) is 15.0 Å². The van der Waals surface area contributed by atoms with Crippen molar-refractivity contribution in [3.8, 4) is 45.3 Å². The fourth-order valence-electron chi connectivity index (χ4n) is 8.41. The van der Waals surface area contributed by atoms with E-state index in [0.29, 0.717) is 17.5 Å². The highest BCUT2D eigenvalue weighted by molar-refractivity contribution is 6.14. The van der Waals surface area contributed by atoms with Gasteiger partial charge in [-0.15, -0.1) is 0 Å². The van der Waals surface area contributed by atoms with Gasteiger partial charge in [0.1, 0.15) is 22.3 Å². The van der Waals surface area contributed by atoms with Gasteiger partial charge in [0.25, 0.3) is 0 Å². The molecule has 9 aromatic carbocycles. The predicted molar refractivity (Wildman–Crippen MR) is 229 cm³/mol. The van der Waals surface area contributed by atoms with Gasteiger partial charge in [-0.1, -0.05) is 133 Å². The number of hydrogen-bond donors (Lipinski definition) is 0. The van der Waals surface area contributed by atoms with Crippen molar-refractivity contribution >= 4 is 76.2 Å². The third-order valence-corrected chi connectivity index (χ3v) is 11.1. The zero-order valence-electron chi connectivity index (χ0n) is 29.9. The second kappa shape index (κ2) is 11.9. The number of rotatable bonds is 4. The van der Waals surface area contributed by atoms with Crippen molar-refractivity contribution in [1.82, 2.24) is 15.0 Å². The van der Waals surface area contributed by atoms with E-state index in [4.69, 9.17) is 23.8 Å². The second-order valence-corrected chi connectivity index (χ2v) is 14.4. The molecule has 12 aromatic rings. The molecule has 260 valence electrons. The van der Waals surface area contributed by atoms with Crippen LogP contribution in [0.5, 0.6) is 0 Å². The average molecular weight is 716 g/mol. The Labute approximate surface area is 320 Å². The van der Waals surface area contributed by atoms with Gasteiger partial charge in [0, 0.05) is 38.2 Å². The Morgan fingerprint density at radius 1 is 0.286 bits per heavy atom. The number of hydrogen-bond acceptors (Lipinski definition) is 5. The van der Waals surface area contributed by atoms with E-state index >= 15 is 0 Å². The molecule has 3 aromatic heterocycles. The minimum absolute atomic E-state index is 0.569. The molecule has 0 radical (unpaired) electrons. The molecule has 0 aliphatic rings. The van der Waals surface area contributed by atoms with Gasteiger partial charge >= 0.3 is 0 Å². The van der Waals surface area contributed by atoms with Crippen LogP contribution in [-0.2, 0) is 0 Å². The molecule has 0 N–H and O–H groups in total. The number of furan rings is 2. The van der Waals surface area contributed by atoms with Gasteiger partial charge in [0.2, 0.25) is 0 Å². The highest BCUT2D eigenvalue weighted by Gasteiger charge is 2.21. The summed E-state index contributed by atoms with van der Waals surface area (Å²) in [4.78, 5) is 15.8. The molecule has 0 bridgehead atoms. The summed E-state index contributed by atoms with van der Waals surface area (Å²) >= 11 is 0. The first-order valence-corrected chi connectivity index (χ1v) is 18.8. The first-order valence-electron chi connectivity index (χ1n) is 18.8. The number of para-hydroxylation sites is 1. The molecule has 5 nitrogen and oxygen atoms in total. The predicted octanol–water partition coefficient (Wildman–Crippen LogP) is 13.8. The van der Waals surface area contributed by atoms with Crippen molar-refractivity contribution in [3.63, 3.8) is 0 Å². The fourth-order valence-corrected chi connectivity index (χ4v) is 8.41. The van der Waals surface area contributed by atoms with Crippen molar-refractivity contribution in [2.45, 2.75) is 0 Å². The lowest BCUT2D eigenvalue weighted by atomic mass is 9.99. The van der Waals surface area contributed by atoms with E-state index in [1.54, 1.807) is 0 Å². The summed E-state index contributed by atoms with van der Waals surface area (Å²) in [6.45, 7) is 0. The summed E-state index contributed by atoms with van der Waals surface area (Å²) in [6, 6.07) is 61.1. The standard InChI is InChI=1S/C51H29N3O2/c1-2-11-33-27-34(23-19-30(33)9-1)35-25-26-39-46(29-35)56-45-18-8-15-41(48(39)45)51-53-49(36-24-22-32-21-20-31-10-3-4-12-37(31)42(32)28-36)52-50(54-51)40-14-7-17-44-47(40)38-13-5-6-16-43(38)55-44/h1-29H. The summed E-state index contributed by atoms with van der Waals surface area (Å²) in [6.07, 6.45) is 0. The van der Waals surface area contributed by atoms with Crippen LogP contribution in [-0.4, -0.2) is 15.0 Å². The highest BCUT2D eigenvalue weighted by atomic mass is 16.3. The summed E-state index contributed by atoms with van der Waals surface area (Å²) in [5.41, 5.74) is 8.10. The van der Waals surface area contributed by atoms with Gasteiger partial charge in [0.15, 0.2) is 17.5 Å². The lowest BCUT2D eigenvalue weighted by Gasteiger charge is -2.11. The molecule has 12 rings (SSSR count). The second-order valence-electron chi connectivity index (χ2n) is 14.4. The lowest BCUT2D eigenvalue weighted by molar-refractivity contribution is 0.668. The molecule has 0 aliphatic carbocycles. The third kappa shape index (κ3) is 4.78. The molecule has 0 aliphatic heterocycles. The molecule has 56 heavy (non-hydrogen) atoms. The third-order valence-electron chi connectivity index (χ3n) is 11.1. The van der Waals surface area contributed by atoms with Crippen LogP contribution in [0.3, 0.4) is 0 Å². The topological polar surface area (TPSA) is 65.0 Å². The normalized spacial score (nSPS) is 11.9. The van der Waals surface area contributed by atoms with Crippen molar-refractivity contribution in [2.24, 2.45) is 0 Å². The minimum Gasteiger partial charge on any atom is -0.456 e. The Balaban J connectivity index is 1.09. The van der Waals surface area contributed by atoms with Crippen LogP contribution in [0.2, 0.25) is 0 Å².